The maximum absolute atomic E-state index is 12.6. The van der Waals surface area contributed by atoms with E-state index in [2.05, 4.69) is 151 Å². The van der Waals surface area contributed by atoms with Crippen molar-refractivity contribution in [1.29, 1.82) is 0 Å². The van der Waals surface area contributed by atoms with Gasteiger partial charge in [-0.3, -0.25) is 19.1 Å². The largest absolute Gasteiger partial charge is 0.507 e. The Morgan fingerprint density at radius 2 is 0.667 bits per heavy atom. The number of hydrogen-bond donors (Lipinski definition) is 2. The van der Waals surface area contributed by atoms with Gasteiger partial charge in [-0.15, -0.1) is 47.5 Å². The number of fused-ring (bicyclic) bond motifs is 2. The molecular weight excluding hydrogens is 2080 g/mol. The van der Waals surface area contributed by atoms with Crippen molar-refractivity contribution in [2.24, 2.45) is 0 Å². The number of aromatic hydroxyl groups is 2. The van der Waals surface area contributed by atoms with Crippen LogP contribution in [0.25, 0.3) is 168 Å². The van der Waals surface area contributed by atoms with E-state index < -0.39 is 69.1 Å². The Balaban J connectivity index is 0.000000236. The van der Waals surface area contributed by atoms with Crippen LogP contribution in [0, 0.1) is 32.7 Å². The second-order valence-corrected chi connectivity index (χ2v) is 42.1. The molecule has 141 heavy (non-hydrogen) atoms. The minimum atomic E-state index is -3.41. The van der Waals surface area contributed by atoms with Crippen molar-refractivity contribution >= 4 is 22.1 Å². The standard InChI is InChI=1S/C67H70N3O.C64H64N3O.2Pt/c1-41(2)48-32-49(42(3)4)34-51(33-48)46-25-28-60(43(5)31-46)70-61-22-18-21-56(62(61)69-64(70)57-39-55(66(9,10)11)40-58(63(57)71)67(12,13)14)52-35-50(44-19-16-15-17-20-44)36-53(37-52)59-38-47(29-30-68-59)45-23-26-54(27-24-45)65(6,7)8;1-39(2)47-30-48(40(3)4)32-50(31-47)45-25-26-58(42(6)29-45)67-59-20-16-19-54(60(59)66-62(67)55-37-53(63(7,8)9)38-56(61(55)68)64(10,11)12)51-33-49(43-17-14-13-15-18-43)34-52(35-51)57-36-46(27-28-65-57)44-23-21-41(5)22-24-44;;/h15-36,38-42,71H,1-14H3;13-34,36-40,68H,1-12H3;;/q2*-1;;/i5D3,6D3,7D3,8D3,41D;5D3,6D3,39D;;. The van der Waals surface area contributed by atoms with E-state index in [4.69, 9.17) is 43.2 Å². The molecule has 0 amide bonds. The number of para-hydroxylation sites is 2. The van der Waals surface area contributed by atoms with Crippen LogP contribution in [0.4, 0.5) is 0 Å². The van der Waals surface area contributed by atoms with Gasteiger partial charge in [-0.05, 0) is 238 Å². The molecule has 4 heterocycles. The molecule has 4 aromatic heterocycles. The second kappa shape index (κ2) is 40.7. The van der Waals surface area contributed by atoms with Gasteiger partial charge in [0.25, 0.3) is 0 Å². The molecule has 0 radical (unpaired) electrons. The Morgan fingerprint density at radius 1 is 0.305 bits per heavy atom. The topological polar surface area (TPSA) is 102 Å². The van der Waals surface area contributed by atoms with Gasteiger partial charge >= 0.3 is 0 Å². The van der Waals surface area contributed by atoms with Gasteiger partial charge in [0.05, 0.1) is 44.6 Å². The number of aryl methyl sites for hydroxylation is 3. The number of phenols is 2. The van der Waals surface area contributed by atoms with Gasteiger partial charge in [0.15, 0.2) is 0 Å². The molecule has 0 atom stereocenters. The van der Waals surface area contributed by atoms with Crippen LogP contribution < -0.4 is 0 Å². The molecule has 0 fully saturated rings. The van der Waals surface area contributed by atoms with Crippen LogP contribution >= 0.6 is 0 Å². The van der Waals surface area contributed by atoms with Crippen LogP contribution in [0.15, 0.2) is 304 Å². The van der Waals surface area contributed by atoms with Crippen LogP contribution in [-0.4, -0.2) is 39.3 Å². The number of aromatic nitrogens is 6. The van der Waals surface area contributed by atoms with Crippen molar-refractivity contribution in [3.05, 3.63) is 382 Å². The maximum Gasteiger partial charge on any atom is 0.148 e. The first kappa shape index (κ1) is 78.9. The minimum Gasteiger partial charge on any atom is -0.507 e. The predicted molar refractivity (Wildman–Crippen MR) is 588 cm³/mol. The van der Waals surface area contributed by atoms with E-state index in [-0.39, 0.29) is 98.5 Å². The van der Waals surface area contributed by atoms with Crippen molar-refractivity contribution in [1.82, 2.24) is 29.1 Å². The normalized spacial score (nSPS) is 14.9. The summed E-state index contributed by atoms with van der Waals surface area (Å²) in [5, 5.41) is 25.2. The Bertz CT molecular complexity index is 8520. The number of phenolic OH excluding ortho intramolecular Hbond substituents is 2. The van der Waals surface area contributed by atoms with Crippen LogP contribution in [0.2, 0.25) is 0 Å². The molecule has 0 aliphatic heterocycles. The van der Waals surface area contributed by atoms with Crippen molar-refractivity contribution < 1.29 is 79.8 Å². The number of hydrogen-bond acceptors (Lipinski definition) is 6. The summed E-state index contributed by atoms with van der Waals surface area (Å²) in [4.78, 5) is 20.7. The summed E-state index contributed by atoms with van der Waals surface area (Å²) < 4.78 is 175. The van der Waals surface area contributed by atoms with Crippen LogP contribution in [0.1, 0.15) is 277 Å². The molecule has 0 bridgehead atoms. The molecular formula is C131H134N6O2Pt2-2. The average Bonchev–Trinajstić information content (AvgIpc) is 1.45. The molecule has 18 aromatic rings. The van der Waals surface area contributed by atoms with Gasteiger partial charge in [0, 0.05) is 104 Å². The third kappa shape index (κ3) is 21.7. The number of pyridine rings is 2. The Labute approximate surface area is 895 Å². The first-order chi connectivity index (χ1) is 73.9. The Morgan fingerprint density at radius 3 is 1.03 bits per heavy atom. The van der Waals surface area contributed by atoms with E-state index in [1.54, 1.807) is 42.7 Å². The SMILES string of the molecule is [2H]C([2H])([2H])c1cc(-c2cc(C(C)C)cc(C([2H])(C)C)c2)ccc1-n1c(-c2cc(C(C)(C)C)cc(C(C)(C)C)c2O)nc2c(-c3[c-]c(-c4cc(-c5ccc(C(C([2H])([2H])[2H])(C([2H])([2H])[2H])C([2H])([2H])[2H])cc5)ccn4)cc(-c4ccccc4)c3)cccc21.[2H]C([2H])([2H])c1ccc(-c2ccnc(-c3[c-]c(-c4cccc5c4nc(-c4cc(C(C)(C)C)cc(C(C)(C)C)c4O)n5-c4ccc(-c5cc(C(C)C)cc(C([2H])(C)C)c5)cc4C([2H])([2H])[2H])cc(-c4ccccc4)c3)c2)cc1.[Pt].[Pt]. The van der Waals surface area contributed by atoms with Gasteiger partial charge in [-0.1, -0.05) is 404 Å². The second-order valence-electron chi connectivity index (χ2n) is 42.1. The van der Waals surface area contributed by atoms with E-state index in [0.717, 1.165) is 94.6 Å². The zero-order valence-electron chi connectivity index (χ0n) is 104. The van der Waals surface area contributed by atoms with Crippen molar-refractivity contribution in [3.63, 3.8) is 0 Å². The van der Waals surface area contributed by atoms with E-state index in [0.29, 0.717) is 118 Å². The van der Waals surface area contributed by atoms with Crippen molar-refractivity contribution in [3.8, 4) is 157 Å². The number of nitrogens with zero attached hydrogens (tertiary/aromatic N) is 6. The van der Waals surface area contributed by atoms with Gasteiger partial charge in [0.1, 0.15) is 23.1 Å². The summed E-state index contributed by atoms with van der Waals surface area (Å²) in [6.45, 7) is 23.2. The molecule has 722 valence electrons. The Hall–Kier alpha value is -12.7. The summed E-state index contributed by atoms with van der Waals surface area (Å²) in [7, 11) is 0. The molecule has 0 saturated heterocycles. The van der Waals surface area contributed by atoms with Gasteiger partial charge < -0.3 is 10.2 Å². The van der Waals surface area contributed by atoms with Crippen molar-refractivity contribution in [2.75, 3.05) is 0 Å². The van der Waals surface area contributed by atoms with E-state index in [9.17, 15) is 14.3 Å². The molecule has 0 spiro atoms. The van der Waals surface area contributed by atoms with Crippen LogP contribution in [-0.2, 0) is 69.2 Å². The first-order valence-corrected chi connectivity index (χ1v) is 47.7. The number of rotatable bonds is 18. The third-order valence-corrected chi connectivity index (χ3v) is 26.4. The summed E-state index contributed by atoms with van der Waals surface area (Å²) in [5.74, 6) is -0.716. The van der Waals surface area contributed by atoms with Gasteiger partial charge in [0.2, 0.25) is 0 Å². The molecule has 8 nitrogen and oxygen atoms in total. The summed E-state index contributed by atoms with van der Waals surface area (Å²) in [6, 6.07) is 98.1. The molecule has 0 unspecified atom stereocenters. The molecule has 0 aliphatic carbocycles. The average molecular weight is 2230 g/mol. The molecule has 2 N–H and O–H groups in total. The maximum atomic E-state index is 12.6. The smallest absolute Gasteiger partial charge is 0.148 e. The summed E-state index contributed by atoms with van der Waals surface area (Å²) in [6.07, 6.45) is 3.36. The number of imidazole rings is 2. The van der Waals surface area contributed by atoms with Crippen LogP contribution in [0.3, 0.4) is 0 Å². The fourth-order valence-corrected chi connectivity index (χ4v) is 18.2. The van der Waals surface area contributed by atoms with Crippen LogP contribution in [0.5, 0.6) is 11.5 Å². The minimum absolute atomic E-state index is 0. The Kier molecular flexibility index (Phi) is 22.8. The summed E-state index contributed by atoms with van der Waals surface area (Å²) >= 11 is 0. The quantitative estimate of drug-likeness (QED) is 0.0830. The fraction of sp³-hybridized carbons (Fsp3) is 0.267. The first-order valence-electron chi connectivity index (χ1n) is 57.7. The molecule has 0 aliphatic rings. The monoisotopic (exact) mass is 2230 g/mol. The fourth-order valence-electron chi connectivity index (χ4n) is 18.2. The van der Waals surface area contributed by atoms with Gasteiger partial charge in [-0.2, -0.15) is 0 Å². The molecule has 10 heteroatoms. The zero-order valence-corrected chi connectivity index (χ0v) is 88.3. The molecule has 0 saturated carbocycles. The van der Waals surface area contributed by atoms with E-state index in [1.807, 2.05) is 246 Å². The third-order valence-electron chi connectivity index (χ3n) is 26.4. The van der Waals surface area contributed by atoms with Crippen molar-refractivity contribution in [2.45, 2.75) is 230 Å². The predicted octanol–water partition coefficient (Wildman–Crippen LogP) is 35.8. The van der Waals surface area contributed by atoms with Gasteiger partial charge in [-0.25, -0.2) is 9.97 Å². The zero-order chi connectivity index (χ0) is 116. The van der Waals surface area contributed by atoms with E-state index >= 15 is 0 Å². The molecule has 18 rings (SSSR count). The summed E-state index contributed by atoms with van der Waals surface area (Å²) in [5.41, 5.74) is 20.8. The molecule has 14 aromatic carbocycles. The van der Waals surface area contributed by atoms with E-state index in [1.165, 1.54) is 24.3 Å². The number of benzene rings is 14.